The molecule has 5 nitrogen and oxygen atoms in total. The summed E-state index contributed by atoms with van der Waals surface area (Å²) in [4.78, 5) is 17.3. The lowest BCUT2D eigenvalue weighted by Gasteiger charge is -2.35. The number of aromatic nitrogens is 1. The van der Waals surface area contributed by atoms with Gasteiger partial charge in [0.15, 0.2) is 0 Å². The molecule has 0 bridgehead atoms. The van der Waals surface area contributed by atoms with Crippen LogP contribution in [0.15, 0.2) is 16.7 Å². The highest BCUT2D eigenvalue weighted by Gasteiger charge is 2.51. The summed E-state index contributed by atoms with van der Waals surface area (Å²) in [7, 11) is 0. The van der Waals surface area contributed by atoms with E-state index in [1.165, 1.54) is 0 Å². The maximum absolute atomic E-state index is 11.6. The molecule has 22 heavy (non-hydrogen) atoms. The number of amides is 1. The SMILES string of the molecule is CC(C)(C)CN(C(=O)O)C1(CNc2cnc(Cl)c(Br)c2)CC1. The lowest BCUT2D eigenvalue weighted by molar-refractivity contribution is 0.0973. The second-order valence-electron chi connectivity index (χ2n) is 7.00. The number of hydrogen-bond acceptors (Lipinski definition) is 3. The minimum absolute atomic E-state index is 0.0706. The number of anilines is 1. The zero-order chi connectivity index (χ0) is 16.5. The van der Waals surface area contributed by atoms with Crippen molar-refractivity contribution in [3.63, 3.8) is 0 Å². The topological polar surface area (TPSA) is 65.5 Å². The number of halogens is 2. The molecule has 1 heterocycles. The van der Waals surface area contributed by atoms with E-state index in [0.29, 0.717) is 22.7 Å². The molecule has 0 radical (unpaired) electrons. The van der Waals surface area contributed by atoms with Crippen LogP contribution in [-0.4, -0.2) is 39.7 Å². The zero-order valence-corrected chi connectivity index (χ0v) is 15.3. The van der Waals surface area contributed by atoms with Crippen LogP contribution in [0.2, 0.25) is 5.15 Å². The Bertz CT molecular complexity index is 570. The number of hydrogen-bond donors (Lipinski definition) is 2. The van der Waals surface area contributed by atoms with Gasteiger partial charge in [-0.05, 0) is 40.3 Å². The summed E-state index contributed by atoms with van der Waals surface area (Å²) in [5, 5.41) is 13.2. The molecule has 0 saturated heterocycles. The third-order valence-electron chi connectivity index (χ3n) is 3.68. The van der Waals surface area contributed by atoms with Gasteiger partial charge in [0, 0.05) is 13.1 Å². The molecule has 7 heteroatoms. The standard InChI is InChI=1S/C15H21BrClN3O2/c1-14(2,3)9-20(13(21)22)15(4-5-15)8-19-10-6-11(16)12(17)18-7-10/h6-7,19H,4-5,8-9H2,1-3H3,(H,21,22). The van der Waals surface area contributed by atoms with Gasteiger partial charge in [-0.1, -0.05) is 32.4 Å². The van der Waals surface area contributed by atoms with Crippen molar-refractivity contribution in [1.29, 1.82) is 0 Å². The second-order valence-corrected chi connectivity index (χ2v) is 8.22. The Hall–Kier alpha value is -1.01. The fraction of sp³-hybridized carbons (Fsp3) is 0.600. The highest BCUT2D eigenvalue weighted by molar-refractivity contribution is 9.10. The summed E-state index contributed by atoms with van der Waals surface area (Å²) < 4.78 is 0.716. The third-order valence-corrected chi connectivity index (χ3v) is 4.81. The van der Waals surface area contributed by atoms with E-state index < -0.39 is 6.09 Å². The van der Waals surface area contributed by atoms with Crippen molar-refractivity contribution in [3.8, 4) is 0 Å². The van der Waals surface area contributed by atoms with Gasteiger partial charge < -0.3 is 15.3 Å². The second kappa shape index (κ2) is 6.24. The zero-order valence-electron chi connectivity index (χ0n) is 13.0. The van der Waals surface area contributed by atoms with Gasteiger partial charge in [-0.3, -0.25) is 0 Å². The summed E-state index contributed by atoms with van der Waals surface area (Å²) in [6.07, 6.45) is 2.55. The van der Waals surface area contributed by atoms with Crippen LogP contribution in [0.5, 0.6) is 0 Å². The maximum atomic E-state index is 11.6. The average Bonchev–Trinajstić information content (AvgIpc) is 3.17. The third kappa shape index (κ3) is 4.26. The van der Waals surface area contributed by atoms with Crippen molar-refractivity contribution < 1.29 is 9.90 Å². The Labute approximate surface area is 144 Å². The molecular weight excluding hydrogens is 370 g/mol. The van der Waals surface area contributed by atoms with Gasteiger partial charge in [0.05, 0.1) is 21.9 Å². The van der Waals surface area contributed by atoms with E-state index >= 15 is 0 Å². The number of carbonyl (C=O) groups is 1. The van der Waals surface area contributed by atoms with Crippen molar-refractivity contribution >= 4 is 39.3 Å². The van der Waals surface area contributed by atoms with E-state index in [0.717, 1.165) is 18.5 Å². The van der Waals surface area contributed by atoms with E-state index in [2.05, 4.69) is 26.2 Å². The molecule has 0 atom stereocenters. The van der Waals surface area contributed by atoms with E-state index in [-0.39, 0.29) is 11.0 Å². The van der Waals surface area contributed by atoms with E-state index in [1.54, 1.807) is 11.1 Å². The number of rotatable bonds is 5. The van der Waals surface area contributed by atoms with Crippen molar-refractivity contribution in [2.24, 2.45) is 5.41 Å². The molecule has 0 spiro atoms. The first-order chi connectivity index (χ1) is 10.1. The first-order valence-corrected chi connectivity index (χ1v) is 8.36. The van der Waals surface area contributed by atoms with Crippen molar-refractivity contribution in [1.82, 2.24) is 9.88 Å². The molecule has 1 aliphatic carbocycles. The molecule has 1 fully saturated rings. The predicted octanol–water partition coefficient (Wildman–Crippen LogP) is 4.47. The Morgan fingerprint density at radius 1 is 1.55 bits per heavy atom. The van der Waals surface area contributed by atoms with Gasteiger partial charge in [0.2, 0.25) is 0 Å². The summed E-state index contributed by atoms with van der Waals surface area (Å²) in [5.41, 5.74) is 0.438. The van der Waals surface area contributed by atoms with Gasteiger partial charge >= 0.3 is 6.09 Å². The Morgan fingerprint density at radius 2 is 2.18 bits per heavy atom. The fourth-order valence-electron chi connectivity index (χ4n) is 2.38. The average molecular weight is 391 g/mol. The molecular formula is C15H21BrClN3O2. The van der Waals surface area contributed by atoms with Gasteiger partial charge in [-0.2, -0.15) is 0 Å². The van der Waals surface area contributed by atoms with Crippen molar-refractivity contribution in [3.05, 3.63) is 21.9 Å². The first kappa shape index (κ1) is 17.3. The molecule has 1 saturated carbocycles. The molecule has 1 aromatic rings. The molecule has 1 amide bonds. The Morgan fingerprint density at radius 3 is 2.64 bits per heavy atom. The predicted molar refractivity (Wildman–Crippen MR) is 91.6 cm³/mol. The molecule has 0 unspecified atom stereocenters. The van der Waals surface area contributed by atoms with Crippen LogP contribution in [0, 0.1) is 5.41 Å². The largest absolute Gasteiger partial charge is 0.465 e. The summed E-state index contributed by atoms with van der Waals surface area (Å²) in [6.45, 7) is 7.24. The lowest BCUT2D eigenvalue weighted by Crippen LogP contribution is -2.49. The normalized spacial score (nSPS) is 16.2. The highest BCUT2D eigenvalue weighted by Crippen LogP contribution is 2.43. The number of nitrogens with one attached hydrogen (secondary N) is 1. The van der Waals surface area contributed by atoms with Crippen LogP contribution >= 0.6 is 27.5 Å². The van der Waals surface area contributed by atoms with Crippen LogP contribution in [-0.2, 0) is 0 Å². The minimum Gasteiger partial charge on any atom is -0.465 e. The fourth-order valence-corrected chi connectivity index (χ4v) is 2.84. The maximum Gasteiger partial charge on any atom is 0.407 e. The molecule has 2 rings (SSSR count). The number of carboxylic acid groups (broad SMARTS) is 1. The van der Waals surface area contributed by atoms with Gasteiger partial charge in [0.1, 0.15) is 5.15 Å². The van der Waals surface area contributed by atoms with Gasteiger partial charge in [-0.15, -0.1) is 0 Å². The molecule has 0 aliphatic heterocycles. The van der Waals surface area contributed by atoms with Crippen molar-refractivity contribution in [2.75, 3.05) is 18.4 Å². The van der Waals surface area contributed by atoms with Crippen LogP contribution in [0.25, 0.3) is 0 Å². The minimum atomic E-state index is -0.857. The Balaban J connectivity index is 2.06. The molecule has 0 aromatic carbocycles. The molecule has 122 valence electrons. The molecule has 2 N–H and O–H groups in total. The number of pyridine rings is 1. The van der Waals surface area contributed by atoms with Crippen LogP contribution in [0.3, 0.4) is 0 Å². The Kier molecular flexibility index (Phi) is 4.92. The molecule has 1 aromatic heterocycles. The van der Waals surface area contributed by atoms with Crippen LogP contribution in [0.1, 0.15) is 33.6 Å². The highest BCUT2D eigenvalue weighted by atomic mass is 79.9. The van der Waals surface area contributed by atoms with E-state index in [4.69, 9.17) is 11.6 Å². The van der Waals surface area contributed by atoms with Gasteiger partial charge in [0.25, 0.3) is 0 Å². The smallest absolute Gasteiger partial charge is 0.407 e. The van der Waals surface area contributed by atoms with E-state index in [1.807, 2.05) is 26.8 Å². The summed E-state index contributed by atoms with van der Waals surface area (Å²) in [5.74, 6) is 0. The first-order valence-electron chi connectivity index (χ1n) is 7.18. The van der Waals surface area contributed by atoms with Crippen LogP contribution in [0.4, 0.5) is 10.5 Å². The summed E-state index contributed by atoms with van der Waals surface area (Å²) in [6, 6.07) is 1.85. The van der Waals surface area contributed by atoms with Gasteiger partial charge in [-0.25, -0.2) is 9.78 Å². The summed E-state index contributed by atoms with van der Waals surface area (Å²) >= 11 is 9.21. The molecule has 1 aliphatic rings. The van der Waals surface area contributed by atoms with E-state index in [9.17, 15) is 9.90 Å². The number of nitrogens with zero attached hydrogens (tertiary/aromatic N) is 2. The monoisotopic (exact) mass is 389 g/mol. The quantitative estimate of drug-likeness (QED) is 0.728. The lowest BCUT2D eigenvalue weighted by atomic mass is 9.95. The van der Waals surface area contributed by atoms with Crippen LogP contribution < -0.4 is 5.32 Å². The van der Waals surface area contributed by atoms with Crippen molar-refractivity contribution in [2.45, 2.75) is 39.2 Å².